The summed E-state index contributed by atoms with van der Waals surface area (Å²) in [5, 5.41) is 0. The van der Waals surface area contributed by atoms with Gasteiger partial charge < -0.3 is 0 Å². The van der Waals surface area contributed by atoms with E-state index in [9.17, 15) is 0 Å². The van der Waals surface area contributed by atoms with Crippen LogP contribution in [0.3, 0.4) is 0 Å². The number of hydrogen-bond donors (Lipinski definition) is 0. The minimum absolute atomic E-state index is 0.897. The van der Waals surface area contributed by atoms with Crippen molar-refractivity contribution in [1.82, 2.24) is 4.57 Å². The van der Waals surface area contributed by atoms with Gasteiger partial charge in [0.25, 0.3) is 0 Å². The van der Waals surface area contributed by atoms with Crippen molar-refractivity contribution in [2.24, 2.45) is 13.0 Å². The summed E-state index contributed by atoms with van der Waals surface area (Å²) < 4.78 is 4.42. The minimum Gasteiger partial charge on any atom is -0.240 e. The van der Waals surface area contributed by atoms with Crippen LogP contribution in [0, 0.1) is 5.92 Å². The molecule has 1 aromatic rings. The highest BCUT2D eigenvalue weighted by Gasteiger charge is 2.04. The van der Waals surface area contributed by atoms with E-state index in [0.717, 1.165) is 5.92 Å². The maximum Gasteiger partial charge on any atom is 0.243 e. The number of unbranched alkanes of at least 4 members (excludes halogenated alkanes) is 9. The van der Waals surface area contributed by atoms with Crippen LogP contribution in [0.4, 0.5) is 0 Å². The highest BCUT2D eigenvalue weighted by atomic mass is 15.1. The van der Waals surface area contributed by atoms with E-state index in [1.54, 1.807) is 0 Å². The zero-order chi connectivity index (χ0) is 16.8. The zero-order valence-corrected chi connectivity index (χ0v) is 16.1. The normalized spacial score (nSPS) is 12.7. The molecule has 0 unspecified atom stereocenters. The molecule has 1 atom stereocenters. The summed E-state index contributed by atoms with van der Waals surface area (Å²) in [6.07, 6.45) is 25.0. The average molecular weight is 322 g/mol. The number of aromatic nitrogens is 2. The Kier molecular flexibility index (Phi) is 12.0. The molecule has 0 aromatic carbocycles. The van der Waals surface area contributed by atoms with Crippen LogP contribution in [-0.2, 0) is 13.6 Å². The van der Waals surface area contributed by atoms with Gasteiger partial charge in [0.15, 0.2) is 0 Å². The van der Waals surface area contributed by atoms with Crippen LogP contribution in [0.1, 0.15) is 97.3 Å². The van der Waals surface area contributed by atoms with Crippen LogP contribution < -0.4 is 4.57 Å². The second-order valence-electron chi connectivity index (χ2n) is 7.53. The molecule has 0 fully saturated rings. The Balaban J connectivity index is 1.83. The Morgan fingerprint density at radius 3 is 1.96 bits per heavy atom. The van der Waals surface area contributed by atoms with Gasteiger partial charge in [-0.25, -0.2) is 9.13 Å². The number of imidazole rings is 1. The Bertz CT molecular complexity index is 370. The van der Waals surface area contributed by atoms with E-state index in [0.29, 0.717) is 0 Å². The molecule has 0 amide bonds. The molecule has 0 saturated heterocycles. The maximum absolute atomic E-state index is 2.43. The lowest BCUT2D eigenvalue weighted by molar-refractivity contribution is -0.671. The topological polar surface area (TPSA) is 8.81 Å². The van der Waals surface area contributed by atoms with Crippen molar-refractivity contribution < 1.29 is 4.57 Å². The summed E-state index contributed by atoms with van der Waals surface area (Å²) in [5.41, 5.74) is 0. The van der Waals surface area contributed by atoms with Crippen LogP contribution in [0.2, 0.25) is 0 Å². The Hall–Kier alpha value is -0.790. The molecule has 0 aliphatic carbocycles. The molecule has 1 heterocycles. The van der Waals surface area contributed by atoms with E-state index in [1.165, 1.54) is 90.0 Å². The van der Waals surface area contributed by atoms with Gasteiger partial charge in [-0.3, -0.25) is 0 Å². The molecular weight excluding hydrogens is 280 g/mol. The number of rotatable bonds is 15. The fraction of sp³-hybridized carbons (Fsp3) is 0.857. The zero-order valence-electron chi connectivity index (χ0n) is 16.1. The van der Waals surface area contributed by atoms with Crippen LogP contribution in [0.5, 0.6) is 0 Å². The lowest BCUT2D eigenvalue weighted by Crippen LogP contribution is -2.23. The quantitative estimate of drug-likeness (QED) is 0.275. The predicted molar refractivity (Wildman–Crippen MR) is 100 cm³/mol. The summed E-state index contributed by atoms with van der Waals surface area (Å²) in [7, 11) is 2.09. The molecule has 0 aliphatic heterocycles. The standard InChI is InChI=1S/C21H41N2/c1-4-5-6-7-8-9-10-11-12-13-15-21(2)16-14-17-23-19-18-22(3)20-23/h18-21H,4-17H2,1-3H3/q+1/t21-/m0/s1. The maximum atomic E-state index is 2.43. The molecule has 0 bridgehead atoms. The van der Waals surface area contributed by atoms with Gasteiger partial charge >= 0.3 is 0 Å². The van der Waals surface area contributed by atoms with Crippen molar-refractivity contribution >= 4 is 0 Å². The first-order valence-corrected chi connectivity index (χ1v) is 10.2. The SMILES string of the molecule is CCCCCCCCCCCC[C@H](C)CCCn1cc[n+](C)c1. The van der Waals surface area contributed by atoms with Crippen LogP contribution in [0.15, 0.2) is 18.7 Å². The van der Waals surface area contributed by atoms with Crippen LogP contribution >= 0.6 is 0 Å². The molecule has 0 saturated carbocycles. The average Bonchev–Trinajstić information content (AvgIpc) is 2.94. The van der Waals surface area contributed by atoms with Crippen molar-refractivity contribution in [2.45, 2.75) is 104 Å². The molecule has 0 spiro atoms. The van der Waals surface area contributed by atoms with Crippen molar-refractivity contribution in [1.29, 1.82) is 0 Å². The van der Waals surface area contributed by atoms with Gasteiger partial charge in [-0.15, -0.1) is 0 Å². The Labute approximate surface area is 145 Å². The van der Waals surface area contributed by atoms with Gasteiger partial charge in [0.1, 0.15) is 12.4 Å². The molecular formula is C21H41N2+. The van der Waals surface area contributed by atoms with E-state index in [1.807, 2.05) is 0 Å². The third-order valence-electron chi connectivity index (χ3n) is 4.99. The van der Waals surface area contributed by atoms with E-state index >= 15 is 0 Å². The third kappa shape index (κ3) is 11.4. The lowest BCUT2D eigenvalue weighted by atomic mass is 9.97. The molecule has 23 heavy (non-hydrogen) atoms. The second kappa shape index (κ2) is 13.6. The predicted octanol–water partition coefficient (Wildman–Crippen LogP) is 6.04. The summed E-state index contributed by atoms with van der Waals surface area (Å²) in [5.74, 6) is 0.897. The van der Waals surface area contributed by atoms with Crippen molar-refractivity contribution in [3.63, 3.8) is 0 Å². The summed E-state index contributed by atoms with van der Waals surface area (Å²) >= 11 is 0. The van der Waals surface area contributed by atoms with Crippen molar-refractivity contribution in [2.75, 3.05) is 0 Å². The first-order chi connectivity index (χ1) is 11.2. The second-order valence-corrected chi connectivity index (χ2v) is 7.53. The van der Waals surface area contributed by atoms with E-state index in [2.05, 4.69) is 48.8 Å². The minimum atomic E-state index is 0.897. The smallest absolute Gasteiger partial charge is 0.240 e. The lowest BCUT2D eigenvalue weighted by Gasteiger charge is -2.10. The largest absolute Gasteiger partial charge is 0.243 e. The fourth-order valence-corrected chi connectivity index (χ4v) is 3.38. The van der Waals surface area contributed by atoms with Crippen molar-refractivity contribution in [3.8, 4) is 0 Å². The molecule has 0 aliphatic rings. The molecule has 1 rings (SSSR count). The van der Waals surface area contributed by atoms with Crippen LogP contribution in [0.25, 0.3) is 0 Å². The summed E-state index contributed by atoms with van der Waals surface area (Å²) in [6.45, 7) is 5.90. The Morgan fingerprint density at radius 1 is 0.826 bits per heavy atom. The van der Waals surface area contributed by atoms with Gasteiger partial charge in [-0.05, 0) is 18.8 Å². The first kappa shape index (κ1) is 20.3. The summed E-state index contributed by atoms with van der Waals surface area (Å²) in [4.78, 5) is 0. The highest BCUT2D eigenvalue weighted by molar-refractivity contribution is 4.66. The van der Waals surface area contributed by atoms with Gasteiger partial charge in [0, 0.05) is 0 Å². The molecule has 134 valence electrons. The molecule has 1 aromatic heterocycles. The van der Waals surface area contributed by atoms with Gasteiger partial charge in [-0.1, -0.05) is 84.5 Å². The highest BCUT2D eigenvalue weighted by Crippen LogP contribution is 2.17. The molecule has 0 N–H and O–H groups in total. The van der Waals surface area contributed by atoms with E-state index in [-0.39, 0.29) is 0 Å². The van der Waals surface area contributed by atoms with Crippen LogP contribution in [-0.4, -0.2) is 4.57 Å². The van der Waals surface area contributed by atoms with E-state index < -0.39 is 0 Å². The fourth-order valence-electron chi connectivity index (χ4n) is 3.38. The number of nitrogens with zero attached hydrogens (tertiary/aromatic N) is 2. The van der Waals surface area contributed by atoms with Gasteiger partial charge in [0.2, 0.25) is 6.33 Å². The first-order valence-electron chi connectivity index (χ1n) is 10.2. The van der Waals surface area contributed by atoms with E-state index in [4.69, 9.17) is 0 Å². The van der Waals surface area contributed by atoms with Gasteiger partial charge in [-0.2, -0.15) is 0 Å². The molecule has 0 radical (unpaired) electrons. The summed E-state index contributed by atoms with van der Waals surface area (Å²) in [6, 6.07) is 0. The monoisotopic (exact) mass is 321 g/mol. The van der Waals surface area contributed by atoms with Crippen molar-refractivity contribution in [3.05, 3.63) is 18.7 Å². The Morgan fingerprint density at radius 2 is 1.39 bits per heavy atom. The molecule has 2 nitrogen and oxygen atoms in total. The number of aryl methyl sites for hydroxylation is 2. The third-order valence-corrected chi connectivity index (χ3v) is 4.99. The molecule has 2 heteroatoms. The van der Waals surface area contributed by atoms with Gasteiger partial charge in [0.05, 0.1) is 13.6 Å². The number of hydrogen-bond acceptors (Lipinski definition) is 0.